The monoisotopic (exact) mass is 363 g/mol. The Balaban J connectivity index is 0.00000101. The average Bonchev–Trinajstić information content (AvgIpc) is 2.51. The molecule has 3 nitrogen and oxygen atoms in total. The number of unbranched alkanes of at least 4 members (excludes halogenated alkanes) is 2. The SMILES string of the molecule is C=C(C)C(=O)OCCCCc1ccc[n+](CCCC)c1.F[B-](F)(F)F. The Morgan fingerprint density at radius 3 is 2.44 bits per heavy atom. The number of carbonyl (C=O) groups excluding carboxylic acids is 1. The van der Waals surface area contributed by atoms with Gasteiger partial charge >= 0.3 is 13.2 Å². The molecule has 0 aliphatic heterocycles. The Kier molecular flexibility index (Phi) is 11.6. The van der Waals surface area contributed by atoms with E-state index >= 15 is 0 Å². The van der Waals surface area contributed by atoms with Crippen molar-refractivity contribution >= 4 is 13.2 Å². The summed E-state index contributed by atoms with van der Waals surface area (Å²) in [5.74, 6) is -0.290. The summed E-state index contributed by atoms with van der Waals surface area (Å²) in [7, 11) is -6.00. The van der Waals surface area contributed by atoms with Crippen LogP contribution in [0.2, 0.25) is 0 Å². The van der Waals surface area contributed by atoms with Crippen molar-refractivity contribution in [1.29, 1.82) is 0 Å². The van der Waals surface area contributed by atoms with E-state index in [4.69, 9.17) is 4.74 Å². The van der Waals surface area contributed by atoms with Crippen molar-refractivity contribution in [3.63, 3.8) is 0 Å². The topological polar surface area (TPSA) is 30.2 Å². The summed E-state index contributed by atoms with van der Waals surface area (Å²) in [6.45, 7) is 9.00. The van der Waals surface area contributed by atoms with Crippen LogP contribution in [0.5, 0.6) is 0 Å². The summed E-state index contributed by atoms with van der Waals surface area (Å²) in [5.41, 5.74) is 1.81. The first-order chi connectivity index (χ1) is 11.6. The standard InChI is InChI=1S/C17H26NO2.BF4/c1-4-5-11-18-12-8-10-16(14-18)9-6-7-13-20-17(19)15(2)3;2-1(3,4)5/h8,10,12,14H,2,4-7,9,11,13H2,1,3H3;/q+1;-1. The second-order valence-electron chi connectivity index (χ2n) is 5.67. The molecule has 142 valence electrons. The van der Waals surface area contributed by atoms with Crippen LogP contribution in [0.4, 0.5) is 17.3 Å². The van der Waals surface area contributed by atoms with E-state index in [1.54, 1.807) is 6.92 Å². The van der Waals surface area contributed by atoms with Gasteiger partial charge in [-0.05, 0) is 32.3 Å². The number of pyridine rings is 1. The molecule has 0 aliphatic rings. The molecular formula is C17H26BF4NO2. The Hall–Kier alpha value is -1.86. The van der Waals surface area contributed by atoms with Gasteiger partial charge < -0.3 is 22.0 Å². The lowest BCUT2D eigenvalue weighted by atomic mass is 10.1. The first-order valence-electron chi connectivity index (χ1n) is 8.31. The first kappa shape index (κ1) is 23.1. The summed E-state index contributed by atoms with van der Waals surface area (Å²) >= 11 is 0. The smallest absolute Gasteiger partial charge is 0.462 e. The highest BCUT2D eigenvalue weighted by molar-refractivity contribution is 6.50. The fourth-order valence-corrected chi connectivity index (χ4v) is 1.92. The van der Waals surface area contributed by atoms with E-state index in [1.165, 1.54) is 18.4 Å². The van der Waals surface area contributed by atoms with Gasteiger partial charge in [-0.25, -0.2) is 9.36 Å². The van der Waals surface area contributed by atoms with Crippen LogP contribution in [-0.4, -0.2) is 19.8 Å². The zero-order chi connectivity index (χ0) is 19.3. The van der Waals surface area contributed by atoms with Gasteiger partial charge in [0.25, 0.3) is 0 Å². The lowest BCUT2D eigenvalue weighted by Crippen LogP contribution is -2.33. The maximum Gasteiger partial charge on any atom is 0.673 e. The fraction of sp³-hybridized carbons (Fsp3) is 0.529. The Morgan fingerprint density at radius 2 is 1.88 bits per heavy atom. The molecule has 0 amide bonds. The third-order valence-electron chi connectivity index (χ3n) is 3.13. The fourth-order valence-electron chi connectivity index (χ4n) is 1.92. The van der Waals surface area contributed by atoms with Gasteiger partial charge in [0.15, 0.2) is 12.4 Å². The number of hydrogen-bond donors (Lipinski definition) is 0. The van der Waals surface area contributed by atoms with Crippen LogP contribution >= 0.6 is 0 Å². The predicted octanol–water partition coefficient (Wildman–Crippen LogP) is 4.52. The van der Waals surface area contributed by atoms with Gasteiger partial charge in [-0.2, -0.15) is 0 Å². The number of esters is 1. The molecule has 1 heterocycles. The van der Waals surface area contributed by atoms with Crippen molar-refractivity contribution in [3.8, 4) is 0 Å². The Labute approximate surface area is 146 Å². The summed E-state index contributed by atoms with van der Waals surface area (Å²) in [4.78, 5) is 11.2. The molecule has 0 fully saturated rings. The van der Waals surface area contributed by atoms with E-state index in [0.717, 1.165) is 25.8 Å². The normalized spacial score (nSPS) is 10.6. The van der Waals surface area contributed by atoms with Crippen molar-refractivity contribution in [1.82, 2.24) is 0 Å². The lowest BCUT2D eigenvalue weighted by Gasteiger charge is -2.04. The van der Waals surface area contributed by atoms with Gasteiger partial charge in [0.1, 0.15) is 6.54 Å². The quantitative estimate of drug-likeness (QED) is 0.161. The van der Waals surface area contributed by atoms with Crippen LogP contribution in [0.25, 0.3) is 0 Å². The van der Waals surface area contributed by atoms with Crippen LogP contribution in [0, 0.1) is 0 Å². The highest BCUT2D eigenvalue weighted by Gasteiger charge is 2.20. The molecule has 0 saturated carbocycles. The van der Waals surface area contributed by atoms with Gasteiger partial charge in [-0.3, -0.25) is 0 Å². The van der Waals surface area contributed by atoms with Crippen LogP contribution in [0.3, 0.4) is 0 Å². The number of ether oxygens (including phenoxy) is 1. The number of nitrogens with zero attached hydrogens (tertiary/aromatic N) is 1. The number of hydrogen-bond acceptors (Lipinski definition) is 2. The summed E-state index contributed by atoms with van der Waals surface area (Å²) < 4.78 is 46.3. The molecule has 1 aromatic heterocycles. The van der Waals surface area contributed by atoms with Gasteiger partial charge in [0.05, 0.1) is 6.61 Å². The van der Waals surface area contributed by atoms with Crippen molar-refractivity contribution in [2.24, 2.45) is 0 Å². The molecule has 25 heavy (non-hydrogen) atoms. The molecule has 1 aromatic rings. The molecule has 0 radical (unpaired) electrons. The molecule has 0 bridgehead atoms. The van der Waals surface area contributed by atoms with E-state index < -0.39 is 7.25 Å². The van der Waals surface area contributed by atoms with Crippen molar-refractivity contribution in [2.75, 3.05) is 6.61 Å². The minimum absolute atomic E-state index is 0.290. The number of aromatic nitrogens is 1. The second kappa shape index (κ2) is 12.5. The second-order valence-corrected chi connectivity index (χ2v) is 5.67. The maximum atomic E-state index is 11.2. The average molecular weight is 363 g/mol. The molecule has 1 rings (SSSR count). The van der Waals surface area contributed by atoms with Gasteiger partial charge in [0.2, 0.25) is 0 Å². The van der Waals surface area contributed by atoms with Gasteiger partial charge in [0, 0.05) is 23.6 Å². The van der Waals surface area contributed by atoms with E-state index in [-0.39, 0.29) is 5.97 Å². The van der Waals surface area contributed by atoms with Crippen LogP contribution in [0.1, 0.15) is 45.1 Å². The maximum absolute atomic E-state index is 11.2. The molecule has 8 heteroatoms. The van der Waals surface area contributed by atoms with Crippen molar-refractivity contribution < 1.29 is 31.4 Å². The molecule has 0 unspecified atom stereocenters. The first-order valence-corrected chi connectivity index (χ1v) is 8.31. The Morgan fingerprint density at radius 1 is 1.24 bits per heavy atom. The summed E-state index contributed by atoms with van der Waals surface area (Å²) in [6.07, 6.45) is 9.71. The molecule has 0 saturated heterocycles. The molecular weight excluding hydrogens is 337 g/mol. The van der Waals surface area contributed by atoms with Gasteiger partial charge in [-0.1, -0.05) is 19.9 Å². The molecule has 0 aromatic carbocycles. The zero-order valence-electron chi connectivity index (χ0n) is 14.8. The molecule has 0 spiro atoms. The highest BCUT2D eigenvalue weighted by atomic mass is 19.5. The van der Waals surface area contributed by atoms with E-state index in [0.29, 0.717) is 12.2 Å². The largest absolute Gasteiger partial charge is 0.673 e. The summed E-state index contributed by atoms with van der Waals surface area (Å²) in [5, 5.41) is 0. The Bertz CT molecular complexity index is 530. The van der Waals surface area contributed by atoms with E-state index in [2.05, 4.69) is 42.6 Å². The number of rotatable bonds is 9. The van der Waals surface area contributed by atoms with Crippen LogP contribution in [-0.2, 0) is 22.5 Å². The van der Waals surface area contributed by atoms with E-state index in [1.807, 2.05) is 0 Å². The minimum Gasteiger partial charge on any atom is -0.462 e. The summed E-state index contributed by atoms with van der Waals surface area (Å²) in [6, 6.07) is 4.26. The number of aryl methyl sites for hydroxylation is 2. The van der Waals surface area contributed by atoms with Crippen molar-refractivity contribution in [3.05, 3.63) is 42.2 Å². The molecule has 0 N–H and O–H groups in total. The zero-order valence-corrected chi connectivity index (χ0v) is 14.8. The minimum atomic E-state index is -6.00. The van der Waals surface area contributed by atoms with Gasteiger partial charge in [-0.15, -0.1) is 0 Å². The third kappa shape index (κ3) is 15.4. The number of carbonyl (C=O) groups is 1. The predicted molar refractivity (Wildman–Crippen MR) is 90.4 cm³/mol. The highest BCUT2D eigenvalue weighted by Crippen LogP contribution is 2.06. The van der Waals surface area contributed by atoms with Crippen LogP contribution in [0.15, 0.2) is 36.7 Å². The lowest BCUT2D eigenvalue weighted by molar-refractivity contribution is -0.697. The molecule has 0 atom stereocenters. The third-order valence-corrected chi connectivity index (χ3v) is 3.13. The van der Waals surface area contributed by atoms with Crippen LogP contribution < -0.4 is 4.57 Å². The van der Waals surface area contributed by atoms with E-state index in [9.17, 15) is 22.1 Å². The number of halogens is 4. The van der Waals surface area contributed by atoms with Crippen molar-refractivity contribution in [2.45, 2.75) is 52.5 Å². The molecule has 0 aliphatic carbocycles.